The lowest BCUT2D eigenvalue weighted by molar-refractivity contribution is -0.137. The molecule has 0 spiro atoms. The molecule has 7 nitrogen and oxygen atoms in total. The molecule has 33 heavy (non-hydrogen) atoms. The van der Waals surface area contributed by atoms with Crippen molar-refractivity contribution in [2.45, 2.75) is 51.5 Å². The van der Waals surface area contributed by atoms with Crippen LogP contribution in [0.15, 0.2) is 41.9 Å². The van der Waals surface area contributed by atoms with Gasteiger partial charge in [0.15, 0.2) is 5.54 Å². The van der Waals surface area contributed by atoms with Gasteiger partial charge in [-0.3, -0.25) is 19.5 Å². The van der Waals surface area contributed by atoms with E-state index < -0.39 is 5.54 Å². The summed E-state index contributed by atoms with van der Waals surface area (Å²) in [5.74, 6) is 0.187. The maximum Gasteiger partial charge on any atom is 0.325 e. The average Bonchev–Trinajstić information content (AvgIpc) is 3.45. The fourth-order valence-corrected chi connectivity index (χ4v) is 5.56. The molecule has 1 N–H and O–H groups in total. The van der Waals surface area contributed by atoms with E-state index in [1.807, 2.05) is 40.6 Å². The molecule has 0 aromatic carbocycles. The monoisotopic (exact) mass is 468 g/mol. The molecule has 0 saturated carbocycles. The van der Waals surface area contributed by atoms with E-state index in [9.17, 15) is 14.4 Å². The molecule has 2 aliphatic heterocycles. The second-order valence-corrected chi connectivity index (χ2v) is 10.1. The van der Waals surface area contributed by atoms with Gasteiger partial charge in [0.2, 0.25) is 5.91 Å². The van der Waals surface area contributed by atoms with Crippen LogP contribution in [-0.4, -0.2) is 52.3 Å². The molecule has 0 aliphatic carbocycles. The molecule has 2 fully saturated rings. The van der Waals surface area contributed by atoms with Crippen LogP contribution >= 0.6 is 11.3 Å². The predicted molar refractivity (Wildman–Crippen MR) is 128 cm³/mol. The van der Waals surface area contributed by atoms with Gasteiger partial charge in [-0.05, 0) is 48.8 Å². The van der Waals surface area contributed by atoms with Gasteiger partial charge < -0.3 is 10.2 Å². The molecule has 8 heteroatoms. The van der Waals surface area contributed by atoms with Gasteiger partial charge in [0, 0.05) is 43.0 Å². The van der Waals surface area contributed by atoms with Gasteiger partial charge in [0.25, 0.3) is 5.91 Å². The third kappa shape index (κ3) is 4.67. The Morgan fingerprint density at radius 3 is 2.67 bits per heavy atom. The highest BCUT2D eigenvalue weighted by molar-refractivity contribution is 7.09. The summed E-state index contributed by atoms with van der Waals surface area (Å²) in [4.78, 5) is 48.4. The molecule has 2 atom stereocenters. The smallest absolute Gasteiger partial charge is 0.325 e. The van der Waals surface area contributed by atoms with E-state index in [4.69, 9.17) is 0 Å². The Bertz CT molecular complexity index is 973. The van der Waals surface area contributed by atoms with Gasteiger partial charge in [-0.15, -0.1) is 11.3 Å². The van der Waals surface area contributed by atoms with Crippen molar-refractivity contribution in [3.63, 3.8) is 0 Å². The lowest BCUT2D eigenvalue weighted by atomic mass is 9.75. The first-order chi connectivity index (χ1) is 16.0. The zero-order chi connectivity index (χ0) is 23.4. The van der Waals surface area contributed by atoms with Gasteiger partial charge in [0.05, 0.1) is 5.69 Å². The summed E-state index contributed by atoms with van der Waals surface area (Å²) in [7, 11) is 0. The Morgan fingerprint density at radius 1 is 1.24 bits per heavy atom. The molecular formula is C25H32N4O3S. The minimum atomic E-state index is -1.18. The maximum absolute atomic E-state index is 13.8. The number of piperidine rings is 1. The average molecular weight is 469 g/mol. The summed E-state index contributed by atoms with van der Waals surface area (Å²) < 4.78 is 0. The van der Waals surface area contributed by atoms with Crippen molar-refractivity contribution in [3.8, 4) is 0 Å². The van der Waals surface area contributed by atoms with Gasteiger partial charge in [-0.2, -0.15) is 0 Å². The largest absolute Gasteiger partial charge is 0.343 e. The molecule has 0 radical (unpaired) electrons. The van der Waals surface area contributed by atoms with E-state index in [1.54, 1.807) is 17.5 Å². The first-order valence-corrected chi connectivity index (χ1v) is 12.7. The van der Waals surface area contributed by atoms with Crippen LogP contribution < -0.4 is 5.32 Å². The lowest BCUT2D eigenvalue weighted by Gasteiger charge is -2.40. The van der Waals surface area contributed by atoms with Crippen molar-refractivity contribution in [3.05, 3.63) is 52.5 Å². The van der Waals surface area contributed by atoms with Crippen molar-refractivity contribution < 1.29 is 14.4 Å². The number of nitrogens with zero attached hydrogens (tertiary/aromatic N) is 3. The fraction of sp³-hybridized carbons (Fsp3) is 0.520. The number of thiophene rings is 1. The molecule has 2 aromatic rings. The number of carbonyl (C=O) groups is 3. The van der Waals surface area contributed by atoms with Gasteiger partial charge in [0.1, 0.15) is 0 Å². The zero-order valence-corrected chi connectivity index (χ0v) is 20.1. The number of amides is 4. The number of urea groups is 1. The van der Waals surface area contributed by atoms with E-state index in [2.05, 4.69) is 24.1 Å². The van der Waals surface area contributed by atoms with Crippen molar-refractivity contribution in [2.24, 2.45) is 11.8 Å². The van der Waals surface area contributed by atoms with E-state index >= 15 is 0 Å². The third-order valence-electron chi connectivity index (χ3n) is 7.04. The normalized spacial score (nSPS) is 22.5. The van der Waals surface area contributed by atoms with Crippen molar-refractivity contribution in [1.82, 2.24) is 20.1 Å². The number of carbonyl (C=O) groups excluding carboxylic acids is 3. The van der Waals surface area contributed by atoms with Crippen LogP contribution in [0.2, 0.25) is 0 Å². The van der Waals surface area contributed by atoms with E-state index in [-0.39, 0.29) is 23.8 Å². The molecule has 4 heterocycles. The van der Waals surface area contributed by atoms with Crippen LogP contribution in [-0.2, 0) is 21.5 Å². The summed E-state index contributed by atoms with van der Waals surface area (Å²) in [6, 6.07) is 9.10. The van der Waals surface area contributed by atoms with Crippen molar-refractivity contribution in [1.29, 1.82) is 0 Å². The highest BCUT2D eigenvalue weighted by atomic mass is 32.1. The number of aromatic nitrogens is 1. The molecule has 176 valence electrons. The SMILES string of the molecule is CCC(C)CC(=O)N1CCC(C2(c3ccccn3)NC(=O)N(CCc3cccs3)C2=O)CC1. The van der Waals surface area contributed by atoms with Crippen LogP contribution in [0.1, 0.15) is 50.1 Å². The van der Waals surface area contributed by atoms with Crippen molar-refractivity contribution in [2.75, 3.05) is 19.6 Å². The molecule has 4 amide bonds. The second kappa shape index (κ2) is 10.0. The predicted octanol–water partition coefficient (Wildman–Crippen LogP) is 3.81. The number of hydrogen-bond donors (Lipinski definition) is 1. The van der Waals surface area contributed by atoms with E-state index in [0.717, 1.165) is 11.3 Å². The zero-order valence-electron chi connectivity index (χ0n) is 19.3. The molecule has 0 bridgehead atoms. The van der Waals surface area contributed by atoms with Gasteiger partial charge in [-0.1, -0.05) is 32.4 Å². The van der Waals surface area contributed by atoms with Crippen LogP contribution in [0.5, 0.6) is 0 Å². The first-order valence-electron chi connectivity index (χ1n) is 11.8. The number of likely N-dealkylation sites (tertiary alicyclic amines) is 1. The molecule has 2 unspecified atom stereocenters. The van der Waals surface area contributed by atoms with Crippen LogP contribution in [0, 0.1) is 11.8 Å². The lowest BCUT2D eigenvalue weighted by Crippen LogP contribution is -2.54. The fourth-order valence-electron chi connectivity index (χ4n) is 4.86. The van der Waals surface area contributed by atoms with Crippen LogP contribution in [0.25, 0.3) is 0 Å². The Balaban J connectivity index is 1.53. The summed E-state index contributed by atoms with van der Waals surface area (Å²) in [6.07, 6.45) is 5.13. The van der Waals surface area contributed by atoms with Crippen LogP contribution in [0.4, 0.5) is 4.79 Å². The van der Waals surface area contributed by atoms with Crippen molar-refractivity contribution >= 4 is 29.2 Å². The highest BCUT2D eigenvalue weighted by Crippen LogP contribution is 2.40. The third-order valence-corrected chi connectivity index (χ3v) is 7.98. The van der Waals surface area contributed by atoms with Gasteiger partial charge >= 0.3 is 6.03 Å². The summed E-state index contributed by atoms with van der Waals surface area (Å²) >= 11 is 1.62. The summed E-state index contributed by atoms with van der Waals surface area (Å²) in [5.41, 5.74) is -0.606. The number of rotatable bonds is 8. The Hall–Kier alpha value is -2.74. The second-order valence-electron chi connectivity index (χ2n) is 9.11. The van der Waals surface area contributed by atoms with Gasteiger partial charge in [-0.25, -0.2) is 4.79 Å². The summed E-state index contributed by atoms with van der Waals surface area (Å²) in [5, 5.41) is 5.04. The number of imide groups is 1. The molecule has 2 aliphatic rings. The highest BCUT2D eigenvalue weighted by Gasteiger charge is 2.58. The standard InChI is InChI=1S/C25H32N4O3S/c1-3-18(2)17-22(30)28-13-9-19(10-14-28)25(21-8-4-5-12-26-21)23(31)29(24(32)27-25)15-11-20-7-6-16-33-20/h4-8,12,16,18-19H,3,9-11,13-15,17H2,1-2H3,(H,27,32). The number of nitrogens with one attached hydrogen (secondary N) is 1. The Kier molecular flexibility index (Phi) is 7.12. The molecule has 2 saturated heterocycles. The van der Waals surface area contributed by atoms with E-state index in [0.29, 0.717) is 56.9 Å². The number of pyridine rings is 1. The first kappa shape index (κ1) is 23.4. The minimum Gasteiger partial charge on any atom is -0.343 e. The molecular weight excluding hydrogens is 436 g/mol. The quantitative estimate of drug-likeness (QED) is 0.598. The Morgan fingerprint density at radius 2 is 2.03 bits per heavy atom. The Labute approximate surface area is 199 Å². The number of hydrogen-bond acceptors (Lipinski definition) is 5. The molecule has 4 rings (SSSR count). The topological polar surface area (TPSA) is 82.6 Å². The maximum atomic E-state index is 13.8. The van der Waals surface area contributed by atoms with E-state index in [1.165, 1.54) is 4.90 Å². The minimum absolute atomic E-state index is 0.122. The van der Waals surface area contributed by atoms with Crippen LogP contribution in [0.3, 0.4) is 0 Å². The molecule has 2 aromatic heterocycles. The summed E-state index contributed by atoms with van der Waals surface area (Å²) in [6.45, 7) is 5.71.